The van der Waals surface area contributed by atoms with Gasteiger partial charge in [-0.25, -0.2) is 14.2 Å². The lowest BCUT2D eigenvalue weighted by atomic mass is 10.0. The number of aryl methyl sites for hydroxylation is 1. The molecule has 142 valence electrons. The molecule has 0 unspecified atom stereocenters. The molecule has 0 saturated carbocycles. The Hall–Kier alpha value is -2.25. The monoisotopic (exact) mass is 389 g/mol. The van der Waals surface area contributed by atoms with E-state index in [1.54, 1.807) is 30.2 Å². The maximum Gasteiger partial charge on any atom is 0.330 e. The second-order valence-electron chi connectivity index (χ2n) is 6.97. The highest BCUT2D eigenvalue weighted by Crippen LogP contribution is 2.36. The van der Waals surface area contributed by atoms with Gasteiger partial charge in [-0.05, 0) is 62.5 Å². The van der Waals surface area contributed by atoms with Crippen molar-refractivity contribution in [1.82, 2.24) is 15.3 Å². The second-order valence-corrected chi connectivity index (χ2v) is 7.30. The Bertz CT molecular complexity index is 849. The van der Waals surface area contributed by atoms with E-state index >= 15 is 0 Å². The molecular weight excluding hydrogens is 369 g/mol. The number of para-hydroxylation sites is 1. The molecular formula is C19H21ClFN5O. The van der Waals surface area contributed by atoms with Crippen LogP contribution >= 0.6 is 11.6 Å². The molecule has 0 radical (unpaired) electrons. The smallest absolute Gasteiger partial charge is 0.317 e. The summed E-state index contributed by atoms with van der Waals surface area (Å²) >= 11 is 6.02. The van der Waals surface area contributed by atoms with E-state index in [9.17, 15) is 9.18 Å². The lowest BCUT2D eigenvalue weighted by Crippen LogP contribution is -2.53. The normalized spacial score (nSPS) is 20.4. The largest absolute Gasteiger partial charge is 0.330 e. The van der Waals surface area contributed by atoms with Crippen molar-refractivity contribution >= 4 is 29.1 Å². The number of carbonyl (C=O) groups excluding carboxylic acids is 1. The number of amides is 2. The number of aromatic nitrogens is 2. The van der Waals surface area contributed by atoms with Crippen LogP contribution in [0.3, 0.4) is 0 Å². The van der Waals surface area contributed by atoms with Crippen LogP contribution in [-0.4, -0.2) is 35.1 Å². The predicted octanol–water partition coefficient (Wildman–Crippen LogP) is 3.67. The highest BCUT2D eigenvalue weighted by atomic mass is 35.5. The average Bonchev–Trinajstić information content (AvgIpc) is 2.91. The quantitative estimate of drug-likeness (QED) is 0.796. The third-order valence-electron chi connectivity index (χ3n) is 5.17. The number of nitrogens with zero attached hydrogens (tertiary/aromatic N) is 4. The van der Waals surface area contributed by atoms with Gasteiger partial charge in [-0.15, -0.1) is 0 Å². The number of halogens is 2. The number of rotatable bonds is 2. The molecule has 1 aromatic carbocycles. The van der Waals surface area contributed by atoms with Gasteiger partial charge in [0.15, 0.2) is 0 Å². The minimum absolute atomic E-state index is 0.0212. The van der Waals surface area contributed by atoms with Gasteiger partial charge in [-0.2, -0.15) is 4.98 Å². The number of carbonyl (C=O) groups is 1. The molecule has 2 aliphatic heterocycles. The maximum absolute atomic E-state index is 14.6. The van der Waals surface area contributed by atoms with Crippen LogP contribution in [0.5, 0.6) is 0 Å². The Balaban J connectivity index is 1.81. The van der Waals surface area contributed by atoms with Crippen molar-refractivity contribution in [2.24, 2.45) is 0 Å². The molecule has 1 aromatic heterocycles. The first kappa shape index (κ1) is 18.1. The van der Waals surface area contributed by atoms with E-state index < -0.39 is 5.82 Å². The van der Waals surface area contributed by atoms with Crippen molar-refractivity contribution in [3.05, 3.63) is 46.6 Å². The van der Waals surface area contributed by atoms with Gasteiger partial charge in [0.1, 0.15) is 11.6 Å². The minimum atomic E-state index is -0.413. The molecule has 2 aliphatic rings. The molecule has 3 heterocycles. The Morgan fingerprint density at radius 2 is 2.15 bits per heavy atom. The summed E-state index contributed by atoms with van der Waals surface area (Å²) in [6, 6.07) is 4.54. The summed E-state index contributed by atoms with van der Waals surface area (Å²) in [5.41, 5.74) is 1.78. The summed E-state index contributed by atoms with van der Waals surface area (Å²) in [7, 11) is 0. The van der Waals surface area contributed by atoms with Crippen molar-refractivity contribution in [1.29, 1.82) is 0 Å². The molecule has 1 N–H and O–H groups in total. The van der Waals surface area contributed by atoms with Crippen molar-refractivity contribution in [2.75, 3.05) is 22.9 Å². The molecule has 2 aromatic rings. The summed E-state index contributed by atoms with van der Waals surface area (Å²) in [6.07, 6.45) is 4.24. The number of nitrogens with one attached hydrogen (secondary N) is 1. The summed E-state index contributed by atoms with van der Waals surface area (Å²) in [5, 5.41) is 3.46. The zero-order valence-electron chi connectivity index (χ0n) is 15.1. The molecule has 4 rings (SSSR count). The number of benzene rings is 1. The Labute approximate surface area is 162 Å². The van der Waals surface area contributed by atoms with E-state index in [1.165, 1.54) is 11.0 Å². The first-order chi connectivity index (χ1) is 13.1. The Kier molecular flexibility index (Phi) is 4.97. The standard InChI is InChI=1S/C19H21ClFN5O/c1-12-4-2-6-15(21)16(12)25-11-13-10-23-18(20)24-17(13)26(19(25)27)14-5-3-8-22-9-7-14/h2,4,6,10,14,22H,3,5,7-9,11H2,1H3/t14-/m0/s1. The fourth-order valence-corrected chi connectivity index (χ4v) is 4.01. The highest BCUT2D eigenvalue weighted by molar-refractivity contribution is 6.28. The van der Waals surface area contributed by atoms with Crippen LogP contribution in [0.1, 0.15) is 30.4 Å². The van der Waals surface area contributed by atoms with E-state index in [0.29, 0.717) is 17.1 Å². The molecule has 1 fully saturated rings. The van der Waals surface area contributed by atoms with Gasteiger partial charge in [-0.3, -0.25) is 9.80 Å². The molecule has 2 amide bonds. The van der Waals surface area contributed by atoms with Gasteiger partial charge in [0.25, 0.3) is 0 Å². The molecule has 0 spiro atoms. The van der Waals surface area contributed by atoms with Crippen molar-refractivity contribution in [2.45, 2.75) is 38.8 Å². The Morgan fingerprint density at radius 3 is 2.96 bits per heavy atom. The van der Waals surface area contributed by atoms with Gasteiger partial charge in [0.2, 0.25) is 5.28 Å². The zero-order valence-corrected chi connectivity index (χ0v) is 15.8. The number of anilines is 2. The minimum Gasteiger partial charge on any atom is -0.317 e. The van der Waals surface area contributed by atoms with Crippen LogP contribution in [0.15, 0.2) is 24.4 Å². The molecule has 6 nitrogen and oxygen atoms in total. The van der Waals surface area contributed by atoms with E-state index in [4.69, 9.17) is 11.6 Å². The molecule has 1 saturated heterocycles. The number of fused-ring (bicyclic) bond motifs is 1. The van der Waals surface area contributed by atoms with Crippen molar-refractivity contribution < 1.29 is 9.18 Å². The molecule has 27 heavy (non-hydrogen) atoms. The SMILES string of the molecule is Cc1cccc(F)c1N1Cc2cnc(Cl)nc2N([C@H]2CCCNCC2)C1=O. The highest BCUT2D eigenvalue weighted by Gasteiger charge is 2.38. The van der Waals surface area contributed by atoms with E-state index in [1.807, 2.05) is 0 Å². The molecule has 1 atom stereocenters. The number of hydrogen-bond donors (Lipinski definition) is 1. The van der Waals surface area contributed by atoms with Gasteiger partial charge in [-0.1, -0.05) is 12.1 Å². The van der Waals surface area contributed by atoms with Gasteiger partial charge in [0, 0.05) is 17.8 Å². The summed E-state index contributed by atoms with van der Waals surface area (Å²) in [6.45, 7) is 3.77. The lowest BCUT2D eigenvalue weighted by Gasteiger charge is -2.40. The second kappa shape index (κ2) is 7.40. The maximum atomic E-state index is 14.6. The first-order valence-electron chi connectivity index (χ1n) is 9.14. The lowest BCUT2D eigenvalue weighted by molar-refractivity contribution is 0.246. The van der Waals surface area contributed by atoms with Gasteiger partial charge >= 0.3 is 6.03 Å². The summed E-state index contributed by atoms with van der Waals surface area (Å²) in [5.74, 6) is 0.126. The van der Waals surface area contributed by atoms with Crippen LogP contribution < -0.4 is 15.1 Å². The van der Waals surface area contributed by atoms with Gasteiger partial charge in [0.05, 0.1) is 12.2 Å². The number of hydrogen-bond acceptors (Lipinski definition) is 4. The molecule has 0 aliphatic carbocycles. The van der Waals surface area contributed by atoms with Gasteiger partial charge < -0.3 is 5.32 Å². The van der Waals surface area contributed by atoms with E-state index in [-0.39, 0.29) is 23.9 Å². The van der Waals surface area contributed by atoms with Crippen LogP contribution in [0.25, 0.3) is 0 Å². The van der Waals surface area contributed by atoms with Crippen LogP contribution in [0.4, 0.5) is 20.7 Å². The number of urea groups is 1. The van der Waals surface area contributed by atoms with Crippen molar-refractivity contribution in [3.8, 4) is 0 Å². The van der Waals surface area contributed by atoms with Crippen LogP contribution in [0, 0.1) is 12.7 Å². The summed E-state index contributed by atoms with van der Waals surface area (Å²) < 4.78 is 14.6. The fraction of sp³-hybridized carbons (Fsp3) is 0.421. The fourth-order valence-electron chi connectivity index (χ4n) is 3.88. The summed E-state index contributed by atoms with van der Waals surface area (Å²) in [4.78, 5) is 25.1. The van der Waals surface area contributed by atoms with Crippen molar-refractivity contribution in [3.63, 3.8) is 0 Å². The zero-order chi connectivity index (χ0) is 19.0. The molecule has 0 bridgehead atoms. The topological polar surface area (TPSA) is 61.4 Å². The van der Waals surface area contributed by atoms with E-state index in [2.05, 4.69) is 15.3 Å². The molecule has 8 heteroatoms. The van der Waals surface area contributed by atoms with Crippen LogP contribution in [0.2, 0.25) is 5.28 Å². The third kappa shape index (κ3) is 3.37. The predicted molar refractivity (Wildman–Crippen MR) is 103 cm³/mol. The average molecular weight is 390 g/mol. The Morgan fingerprint density at radius 1 is 1.30 bits per heavy atom. The third-order valence-corrected chi connectivity index (χ3v) is 5.36. The van der Waals surface area contributed by atoms with E-state index in [0.717, 1.165) is 37.9 Å². The first-order valence-corrected chi connectivity index (χ1v) is 9.52. The van der Waals surface area contributed by atoms with Crippen LogP contribution in [-0.2, 0) is 6.54 Å².